The molecule has 6 heteroatoms. The molecule has 1 aliphatic heterocycles. The Morgan fingerprint density at radius 2 is 2.17 bits per heavy atom. The lowest BCUT2D eigenvalue weighted by atomic mass is 9.99. The second-order valence-electron chi connectivity index (χ2n) is 4.03. The molecule has 90 valence electrons. The molecule has 5 nitrogen and oxygen atoms in total. The Kier molecular flexibility index (Phi) is 2.68. The van der Waals surface area contributed by atoms with Crippen molar-refractivity contribution >= 4 is 23.2 Å². The van der Waals surface area contributed by atoms with E-state index in [4.69, 9.17) is 11.6 Å². The van der Waals surface area contributed by atoms with E-state index in [0.717, 1.165) is 23.2 Å². The molecule has 1 amide bonds. The molecule has 1 aromatic heterocycles. The maximum atomic E-state index is 11.3. The highest BCUT2D eigenvalue weighted by Gasteiger charge is 2.15. The maximum Gasteiger partial charge on any atom is 0.243 e. The third-order valence-electron chi connectivity index (χ3n) is 2.83. The molecule has 0 saturated heterocycles. The van der Waals surface area contributed by atoms with Gasteiger partial charge in [0.15, 0.2) is 0 Å². The van der Waals surface area contributed by atoms with Crippen molar-refractivity contribution in [2.45, 2.75) is 12.8 Å². The number of fused-ring (bicyclic) bond motifs is 1. The molecule has 0 atom stereocenters. The average molecular weight is 261 g/mol. The van der Waals surface area contributed by atoms with E-state index in [1.165, 1.54) is 0 Å². The van der Waals surface area contributed by atoms with Gasteiger partial charge < -0.3 is 5.32 Å². The number of nitrogens with zero attached hydrogens (tertiary/aromatic N) is 3. The molecule has 18 heavy (non-hydrogen) atoms. The quantitative estimate of drug-likeness (QED) is 0.852. The topological polar surface area (TPSA) is 67.8 Å². The van der Waals surface area contributed by atoms with Crippen LogP contribution in [0.4, 0.5) is 5.69 Å². The number of aryl methyl sites for hydroxylation is 1. The number of anilines is 1. The van der Waals surface area contributed by atoms with Crippen molar-refractivity contribution in [2.75, 3.05) is 5.32 Å². The molecule has 0 fully saturated rings. The molecule has 1 aliphatic rings. The first-order chi connectivity index (χ1) is 8.72. The van der Waals surface area contributed by atoms with E-state index in [0.29, 0.717) is 12.1 Å². The number of amides is 1. The minimum atomic E-state index is 0.0574. The number of rotatable bonds is 1. The van der Waals surface area contributed by atoms with Crippen molar-refractivity contribution in [1.82, 2.24) is 15.2 Å². The number of benzene rings is 1. The Bertz CT molecular complexity index is 629. The number of aromatic nitrogens is 3. The zero-order chi connectivity index (χ0) is 12.5. The number of carbonyl (C=O) groups is 1. The third-order valence-corrected chi connectivity index (χ3v) is 2.99. The van der Waals surface area contributed by atoms with Gasteiger partial charge >= 0.3 is 0 Å². The van der Waals surface area contributed by atoms with Crippen LogP contribution in [0.1, 0.15) is 12.0 Å². The fourth-order valence-corrected chi connectivity index (χ4v) is 2.10. The lowest BCUT2D eigenvalue weighted by Gasteiger charge is -2.17. The maximum absolute atomic E-state index is 11.3. The molecular weight excluding hydrogens is 252 g/mol. The average Bonchev–Trinajstić information content (AvgIpc) is 2.38. The Balaban J connectivity index is 2.02. The second-order valence-corrected chi connectivity index (χ2v) is 4.37. The highest BCUT2D eigenvalue weighted by molar-refractivity contribution is 6.28. The zero-order valence-electron chi connectivity index (χ0n) is 9.35. The van der Waals surface area contributed by atoms with Gasteiger partial charge in [0.2, 0.25) is 11.2 Å². The van der Waals surface area contributed by atoms with Crippen LogP contribution in [0.2, 0.25) is 5.28 Å². The summed E-state index contributed by atoms with van der Waals surface area (Å²) in [5.74, 6) is 0.0574. The normalized spacial score (nSPS) is 13.9. The van der Waals surface area contributed by atoms with Gasteiger partial charge in [-0.05, 0) is 35.7 Å². The summed E-state index contributed by atoms with van der Waals surface area (Å²) in [5.41, 5.74) is 3.56. The predicted octanol–water partition coefficient (Wildman–Crippen LogP) is 2.08. The predicted molar refractivity (Wildman–Crippen MR) is 67.2 cm³/mol. The highest BCUT2D eigenvalue weighted by Crippen LogP contribution is 2.27. The van der Waals surface area contributed by atoms with Gasteiger partial charge in [-0.1, -0.05) is 6.07 Å². The summed E-state index contributed by atoms with van der Waals surface area (Å²) >= 11 is 5.72. The Morgan fingerprint density at radius 3 is 3.00 bits per heavy atom. The summed E-state index contributed by atoms with van der Waals surface area (Å²) < 4.78 is 0. The molecule has 0 saturated carbocycles. The van der Waals surface area contributed by atoms with Crippen molar-refractivity contribution < 1.29 is 4.79 Å². The summed E-state index contributed by atoms with van der Waals surface area (Å²) in [6, 6.07) is 5.75. The SMILES string of the molecule is O=C1CCc2cc(-c3cnnc(Cl)n3)ccc2N1. The molecule has 2 heterocycles. The van der Waals surface area contributed by atoms with Crippen LogP contribution in [-0.2, 0) is 11.2 Å². The van der Waals surface area contributed by atoms with E-state index >= 15 is 0 Å². The highest BCUT2D eigenvalue weighted by atomic mass is 35.5. The van der Waals surface area contributed by atoms with Gasteiger partial charge in [-0.3, -0.25) is 4.79 Å². The van der Waals surface area contributed by atoms with Crippen molar-refractivity contribution in [2.24, 2.45) is 0 Å². The largest absolute Gasteiger partial charge is 0.326 e. The summed E-state index contributed by atoms with van der Waals surface area (Å²) in [6.07, 6.45) is 2.81. The Labute approximate surface area is 108 Å². The third kappa shape index (κ3) is 2.04. The van der Waals surface area contributed by atoms with E-state index in [9.17, 15) is 4.79 Å². The molecule has 2 aromatic rings. The number of halogens is 1. The second kappa shape index (κ2) is 4.34. The van der Waals surface area contributed by atoms with E-state index in [1.54, 1.807) is 6.20 Å². The monoisotopic (exact) mass is 260 g/mol. The Morgan fingerprint density at radius 1 is 1.28 bits per heavy atom. The minimum Gasteiger partial charge on any atom is -0.326 e. The molecule has 0 spiro atoms. The van der Waals surface area contributed by atoms with Crippen molar-refractivity contribution in [3.8, 4) is 11.3 Å². The van der Waals surface area contributed by atoms with Crippen molar-refractivity contribution in [3.05, 3.63) is 35.2 Å². The number of carbonyl (C=O) groups excluding carboxylic acids is 1. The van der Waals surface area contributed by atoms with E-state index < -0.39 is 0 Å². The van der Waals surface area contributed by atoms with Crippen LogP contribution in [-0.4, -0.2) is 21.1 Å². The standard InChI is InChI=1S/C12H9ClN4O/c13-12-16-10(6-14-17-12)8-1-3-9-7(5-8)2-4-11(18)15-9/h1,3,5-6H,2,4H2,(H,15,18). The molecule has 1 N–H and O–H groups in total. The summed E-state index contributed by atoms with van der Waals surface area (Å²) in [5, 5.41) is 10.3. The van der Waals surface area contributed by atoms with Crippen LogP contribution >= 0.6 is 11.6 Å². The van der Waals surface area contributed by atoms with Crippen molar-refractivity contribution in [1.29, 1.82) is 0 Å². The first-order valence-corrected chi connectivity index (χ1v) is 5.88. The van der Waals surface area contributed by atoms with Crippen LogP contribution < -0.4 is 5.32 Å². The fraction of sp³-hybridized carbons (Fsp3) is 0.167. The molecule has 3 rings (SSSR count). The smallest absolute Gasteiger partial charge is 0.243 e. The van der Waals surface area contributed by atoms with Gasteiger partial charge in [-0.15, -0.1) is 5.10 Å². The van der Waals surface area contributed by atoms with Gasteiger partial charge in [0.05, 0.1) is 11.9 Å². The van der Waals surface area contributed by atoms with Gasteiger partial charge in [0, 0.05) is 17.7 Å². The number of hydrogen-bond acceptors (Lipinski definition) is 4. The summed E-state index contributed by atoms with van der Waals surface area (Å²) in [6.45, 7) is 0. The van der Waals surface area contributed by atoms with Crippen molar-refractivity contribution in [3.63, 3.8) is 0 Å². The molecular formula is C12H9ClN4O. The van der Waals surface area contributed by atoms with E-state index in [1.807, 2.05) is 18.2 Å². The lowest BCUT2D eigenvalue weighted by molar-refractivity contribution is -0.116. The van der Waals surface area contributed by atoms with Crippen LogP contribution in [0.5, 0.6) is 0 Å². The summed E-state index contributed by atoms with van der Waals surface area (Å²) in [4.78, 5) is 15.4. The first-order valence-electron chi connectivity index (χ1n) is 5.51. The lowest BCUT2D eigenvalue weighted by Crippen LogP contribution is -2.18. The van der Waals surface area contributed by atoms with Gasteiger partial charge in [-0.2, -0.15) is 5.10 Å². The van der Waals surface area contributed by atoms with Crippen LogP contribution in [0.25, 0.3) is 11.3 Å². The van der Waals surface area contributed by atoms with Gasteiger partial charge in [0.1, 0.15) is 0 Å². The molecule has 0 bridgehead atoms. The van der Waals surface area contributed by atoms with Crippen LogP contribution in [0.3, 0.4) is 0 Å². The first kappa shape index (κ1) is 11.1. The fourth-order valence-electron chi connectivity index (χ4n) is 1.96. The van der Waals surface area contributed by atoms with Crippen LogP contribution in [0, 0.1) is 0 Å². The zero-order valence-corrected chi connectivity index (χ0v) is 10.1. The molecule has 0 aliphatic carbocycles. The Hall–Kier alpha value is -2.01. The molecule has 0 unspecified atom stereocenters. The van der Waals surface area contributed by atoms with E-state index in [2.05, 4.69) is 20.5 Å². The van der Waals surface area contributed by atoms with Gasteiger partial charge in [0.25, 0.3) is 0 Å². The van der Waals surface area contributed by atoms with E-state index in [-0.39, 0.29) is 11.2 Å². The molecule has 0 radical (unpaired) electrons. The minimum absolute atomic E-state index is 0.0574. The number of nitrogens with one attached hydrogen (secondary N) is 1. The summed E-state index contributed by atoms with van der Waals surface area (Å²) in [7, 11) is 0. The van der Waals surface area contributed by atoms with Gasteiger partial charge in [-0.25, -0.2) is 4.98 Å². The van der Waals surface area contributed by atoms with Crippen LogP contribution in [0.15, 0.2) is 24.4 Å². The molecule has 1 aromatic carbocycles. The number of hydrogen-bond donors (Lipinski definition) is 1.